The molecule has 2 aromatic rings. The van der Waals surface area contributed by atoms with E-state index >= 15 is 0 Å². The molecule has 1 aromatic carbocycles. The van der Waals surface area contributed by atoms with Crippen LogP contribution in [0, 0.1) is 6.92 Å². The molecule has 0 bridgehead atoms. The lowest BCUT2D eigenvalue weighted by atomic mass is 10.2. The van der Waals surface area contributed by atoms with Crippen LogP contribution in [0.3, 0.4) is 0 Å². The van der Waals surface area contributed by atoms with Gasteiger partial charge in [0.1, 0.15) is 11.5 Å². The molecule has 5 nitrogen and oxygen atoms in total. The van der Waals surface area contributed by atoms with E-state index in [1.807, 2.05) is 0 Å². The number of nitrogens with zero attached hydrogens (tertiary/aromatic N) is 1. The number of hydrogen-bond acceptors (Lipinski definition) is 4. The summed E-state index contributed by atoms with van der Waals surface area (Å²) in [6.45, 7) is 1.77. The number of benzene rings is 1. The summed E-state index contributed by atoms with van der Waals surface area (Å²) >= 11 is 0. The van der Waals surface area contributed by atoms with E-state index in [0.29, 0.717) is 11.3 Å². The number of carbonyl (C=O) groups is 1. The zero-order valence-electron chi connectivity index (χ0n) is 11.5. The van der Waals surface area contributed by atoms with E-state index in [-0.39, 0.29) is 11.3 Å². The topological polar surface area (TPSA) is 57.5 Å². The Balaban J connectivity index is 2.21. The van der Waals surface area contributed by atoms with Crippen LogP contribution >= 0.6 is 0 Å². The largest absolute Gasteiger partial charge is 0.497 e. The molecule has 1 heterocycles. The zero-order valence-corrected chi connectivity index (χ0v) is 11.5. The second-order valence-corrected chi connectivity index (χ2v) is 4.35. The molecule has 0 N–H and O–H groups in total. The molecule has 0 unspecified atom stereocenters. The average Bonchev–Trinajstić information content (AvgIpc) is 2.44. The first-order chi connectivity index (χ1) is 9.51. The normalized spacial score (nSPS) is 10.2. The van der Waals surface area contributed by atoms with Crippen molar-refractivity contribution in [3.05, 3.63) is 58.0 Å². The molecular formula is C15H15NO4. The third-order valence-electron chi connectivity index (χ3n) is 3.01. The van der Waals surface area contributed by atoms with Gasteiger partial charge in [0.15, 0.2) is 0 Å². The van der Waals surface area contributed by atoms with Gasteiger partial charge in [0.25, 0.3) is 5.56 Å². The van der Waals surface area contributed by atoms with Crippen molar-refractivity contribution in [3.63, 3.8) is 0 Å². The number of esters is 1. The van der Waals surface area contributed by atoms with Crippen LogP contribution in [0.1, 0.15) is 16.1 Å². The van der Waals surface area contributed by atoms with Crippen LogP contribution in [0.4, 0.5) is 0 Å². The minimum atomic E-state index is -0.514. The van der Waals surface area contributed by atoms with Gasteiger partial charge in [-0.2, -0.15) is 0 Å². The van der Waals surface area contributed by atoms with Crippen molar-refractivity contribution in [3.8, 4) is 11.5 Å². The minimum absolute atomic E-state index is 0.220. The second-order valence-electron chi connectivity index (χ2n) is 4.35. The van der Waals surface area contributed by atoms with Gasteiger partial charge in [-0.25, -0.2) is 4.79 Å². The number of ether oxygens (including phenoxy) is 2. The van der Waals surface area contributed by atoms with Crippen LogP contribution in [0.25, 0.3) is 0 Å². The van der Waals surface area contributed by atoms with E-state index < -0.39 is 5.97 Å². The van der Waals surface area contributed by atoms with Gasteiger partial charge < -0.3 is 14.0 Å². The van der Waals surface area contributed by atoms with Gasteiger partial charge in [-0.1, -0.05) is 0 Å². The standard InChI is InChI=1S/C15H15NO4/c1-10-8-13(9-14(17)16(10)2)20-15(18)11-4-6-12(19-3)7-5-11/h4-9H,1-3H3. The molecule has 104 valence electrons. The average molecular weight is 273 g/mol. The molecule has 0 atom stereocenters. The Morgan fingerprint density at radius 1 is 1.10 bits per heavy atom. The van der Waals surface area contributed by atoms with Crippen molar-refractivity contribution in [2.24, 2.45) is 7.05 Å². The molecule has 1 aromatic heterocycles. The van der Waals surface area contributed by atoms with Crippen LogP contribution in [-0.2, 0) is 7.05 Å². The molecule has 20 heavy (non-hydrogen) atoms. The summed E-state index contributed by atoms with van der Waals surface area (Å²) in [4.78, 5) is 23.6. The number of rotatable bonds is 3. The fourth-order valence-electron chi connectivity index (χ4n) is 1.69. The summed E-state index contributed by atoms with van der Waals surface area (Å²) in [5.74, 6) is 0.387. The van der Waals surface area contributed by atoms with Gasteiger partial charge in [-0.3, -0.25) is 4.79 Å². The molecule has 2 rings (SSSR count). The SMILES string of the molecule is COc1ccc(C(=O)Oc2cc(C)n(C)c(=O)c2)cc1. The number of pyridine rings is 1. The zero-order chi connectivity index (χ0) is 14.7. The highest BCUT2D eigenvalue weighted by Gasteiger charge is 2.10. The summed E-state index contributed by atoms with van der Waals surface area (Å²) in [6, 6.07) is 9.49. The van der Waals surface area contributed by atoms with Gasteiger partial charge in [0, 0.05) is 24.9 Å². The van der Waals surface area contributed by atoms with E-state index in [4.69, 9.17) is 9.47 Å². The molecule has 0 aliphatic heterocycles. The van der Waals surface area contributed by atoms with Crippen LogP contribution in [0.2, 0.25) is 0 Å². The summed E-state index contributed by atoms with van der Waals surface area (Å²) in [7, 11) is 3.21. The van der Waals surface area contributed by atoms with Crippen molar-refractivity contribution in [1.29, 1.82) is 0 Å². The lowest BCUT2D eigenvalue weighted by molar-refractivity contribution is 0.0734. The molecule has 0 saturated carbocycles. The lowest BCUT2D eigenvalue weighted by Crippen LogP contribution is -2.19. The smallest absolute Gasteiger partial charge is 0.343 e. The van der Waals surface area contributed by atoms with Crippen LogP contribution in [-0.4, -0.2) is 17.6 Å². The van der Waals surface area contributed by atoms with E-state index in [9.17, 15) is 9.59 Å². The van der Waals surface area contributed by atoms with Crippen molar-refractivity contribution >= 4 is 5.97 Å². The third kappa shape index (κ3) is 2.88. The highest BCUT2D eigenvalue weighted by Crippen LogP contribution is 2.15. The first kappa shape index (κ1) is 13.9. The maximum absolute atomic E-state index is 11.9. The van der Waals surface area contributed by atoms with Gasteiger partial charge >= 0.3 is 5.97 Å². The molecule has 0 aliphatic rings. The number of aromatic nitrogens is 1. The number of aryl methyl sites for hydroxylation is 1. The van der Waals surface area contributed by atoms with E-state index in [0.717, 1.165) is 5.69 Å². The Morgan fingerprint density at radius 3 is 2.30 bits per heavy atom. The molecule has 0 radical (unpaired) electrons. The van der Waals surface area contributed by atoms with Crippen molar-refractivity contribution < 1.29 is 14.3 Å². The van der Waals surface area contributed by atoms with E-state index in [2.05, 4.69) is 0 Å². The van der Waals surface area contributed by atoms with Gasteiger partial charge in [-0.05, 0) is 31.2 Å². The second kappa shape index (κ2) is 5.61. The number of methoxy groups -OCH3 is 1. The third-order valence-corrected chi connectivity index (χ3v) is 3.01. The molecule has 0 spiro atoms. The molecule has 5 heteroatoms. The molecule has 0 amide bonds. The van der Waals surface area contributed by atoms with Crippen molar-refractivity contribution in [2.75, 3.05) is 7.11 Å². The van der Waals surface area contributed by atoms with Gasteiger partial charge in [0.05, 0.1) is 12.7 Å². The van der Waals surface area contributed by atoms with Crippen LogP contribution in [0.5, 0.6) is 11.5 Å². The number of carbonyl (C=O) groups excluding carboxylic acids is 1. The highest BCUT2D eigenvalue weighted by molar-refractivity contribution is 5.91. The monoisotopic (exact) mass is 273 g/mol. The fraction of sp³-hybridized carbons (Fsp3) is 0.200. The summed E-state index contributed by atoms with van der Waals surface area (Å²) in [6.07, 6.45) is 0. The Hall–Kier alpha value is -2.56. The predicted octanol–water partition coefficient (Wildman–Crippen LogP) is 1.92. The molecule has 0 aliphatic carbocycles. The fourth-order valence-corrected chi connectivity index (χ4v) is 1.69. The van der Waals surface area contributed by atoms with Crippen LogP contribution < -0.4 is 15.0 Å². The molecule has 0 fully saturated rings. The Kier molecular flexibility index (Phi) is 3.89. The first-order valence-corrected chi connectivity index (χ1v) is 6.05. The summed E-state index contributed by atoms with van der Waals surface area (Å²) in [5, 5.41) is 0. The van der Waals surface area contributed by atoms with Gasteiger partial charge in [-0.15, -0.1) is 0 Å². The van der Waals surface area contributed by atoms with Gasteiger partial charge in [0.2, 0.25) is 0 Å². The maximum atomic E-state index is 11.9. The Bertz CT molecular complexity index is 686. The van der Waals surface area contributed by atoms with E-state index in [1.54, 1.807) is 51.4 Å². The molecule has 0 saturated heterocycles. The van der Waals surface area contributed by atoms with Crippen molar-refractivity contribution in [2.45, 2.75) is 6.92 Å². The Morgan fingerprint density at radius 2 is 1.75 bits per heavy atom. The van der Waals surface area contributed by atoms with Crippen molar-refractivity contribution in [1.82, 2.24) is 4.57 Å². The highest BCUT2D eigenvalue weighted by atomic mass is 16.5. The minimum Gasteiger partial charge on any atom is -0.497 e. The first-order valence-electron chi connectivity index (χ1n) is 6.05. The number of hydrogen-bond donors (Lipinski definition) is 0. The maximum Gasteiger partial charge on any atom is 0.343 e. The summed E-state index contributed by atoms with van der Waals surface area (Å²) < 4.78 is 11.7. The molecular weight excluding hydrogens is 258 g/mol. The Labute approximate surface area is 116 Å². The summed E-state index contributed by atoms with van der Waals surface area (Å²) in [5.41, 5.74) is 0.890. The predicted molar refractivity (Wildman–Crippen MR) is 74.4 cm³/mol. The van der Waals surface area contributed by atoms with E-state index in [1.165, 1.54) is 10.6 Å². The lowest BCUT2D eigenvalue weighted by Gasteiger charge is -2.08. The quantitative estimate of drug-likeness (QED) is 0.802. The van der Waals surface area contributed by atoms with Crippen LogP contribution in [0.15, 0.2) is 41.2 Å².